The number of ether oxygens (including phenoxy) is 1. The van der Waals surface area contributed by atoms with E-state index in [1.54, 1.807) is 18.2 Å². The van der Waals surface area contributed by atoms with Gasteiger partial charge in [0.25, 0.3) is 0 Å². The van der Waals surface area contributed by atoms with Gasteiger partial charge in [0.05, 0.1) is 0 Å². The minimum absolute atomic E-state index is 0.0185. The van der Waals surface area contributed by atoms with Crippen molar-refractivity contribution in [2.75, 3.05) is 0 Å². The Kier molecular flexibility index (Phi) is 4.62. The SMILES string of the molecule is Cc1cc(Oc2ccc(F)cc2)ccc1C1CC1C(=O)c1c(O)cc(O)cc1O. The van der Waals surface area contributed by atoms with Crippen molar-refractivity contribution in [1.82, 2.24) is 0 Å². The number of aryl methyl sites for hydroxylation is 1. The highest BCUT2D eigenvalue weighted by molar-refractivity contribution is 6.05. The number of ketones is 1. The van der Waals surface area contributed by atoms with Crippen LogP contribution in [0.2, 0.25) is 0 Å². The molecule has 5 nitrogen and oxygen atoms in total. The lowest BCUT2D eigenvalue weighted by atomic mass is 9.98. The van der Waals surface area contributed by atoms with E-state index in [1.807, 2.05) is 19.1 Å². The Morgan fingerprint density at radius 1 is 0.966 bits per heavy atom. The van der Waals surface area contributed by atoms with Crippen molar-refractivity contribution in [3.8, 4) is 28.7 Å². The molecule has 0 aromatic heterocycles. The van der Waals surface area contributed by atoms with Gasteiger partial charge in [-0.3, -0.25) is 4.79 Å². The smallest absolute Gasteiger partial charge is 0.174 e. The number of hydrogen-bond acceptors (Lipinski definition) is 5. The quantitative estimate of drug-likeness (QED) is 0.529. The first-order chi connectivity index (χ1) is 13.8. The number of phenolic OH excluding ortho intramolecular Hbond substituents is 3. The normalized spacial score (nSPS) is 17.7. The Morgan fingerprint density at radius 3 is 2.21 bits per heavy atom. The molecule has 1 aliphatic rings. The van der Waals surface area contributed by atoms with Crippen LogP contribution in [-0.2, 0) is 0 Å². The summed E-state index contributed by atoms with van der Waals surface area (Å²) in [6.07, 6.45) is 0.609. The van der Waals surface area contributed by atoms with E-state index in [1.165, 1.54) is 12.1 Å². The van der Waals surface area contributed by atoms with Crippen molar-refractivity contribution in [1.29, 1.82) is 0 Å². The van der Waals surface area contributed by atoms with Gasteiger partial charge in [0.2, 0.25) is 0 Å². The lowest BCUT2D eigenvalue weighted by Gasteiger charge is -2.11. The molecule has 1 saturated carbocycles. The molecule has 3 N–H and O–H groups in total. The number of aromatic hydroxyl groups is 3. The molecule has 1 aliphatic carbocycles. The Labute approximate surface area is 166 Å². The maximum atomic E-state index is 13.0. The number of Topliss-reactive ketones (excluding diaryl/α,β-unsaturated/α-hetero) is 1. The average molecular weight is 394 g/mol. The number of hydrogen-bond donors (Lipinski definition) is 3. The highest BCUT2D eigenvalue weighted by Gasteiger charge is 2.46. The Hall–Kier alpha value is -3.54. The molecule has 3 aromatic rings. The van der Waals surface area contributed by atoms with Gasteiger partial charge in [-0.25, -0.2) is 4.39 Å². The molecule has 0 saturated heterocycles. The predicted octanol–water partition coefficient (Wildman–Crippen LogP) is 5.03. The fourth-order valence-corrected chi connectivity index (χ4v) is 3.63. The van der Waals surface area contributed by atoms with Crippen LogP contribution in [-0.4, -0.2) is 21.1 Å². The third-order valence-electron chi connectivity index (χ3n) is 5.15. The molecule has 1 fully saturated rings. The van der Waals surface area contributed by atoms with E-state index in [0.717, 1.165) is 23.3 Å². The lowest BCUT2D eigenvalue weighted by molar-refractivity contribution is 0.0959. The summed E-state index contributed by atoms with van der Waals surface area (Å²) in [5, 5.41) is 29.3. The molecule has 2 atom stereocenters. The maximum absolute atomic E-state index is 13.0. The van der Waals surface area contributed by atoms with E-state index in [-0.39, 0.29) is 34.7 Å². The number of phenols is 3. The van der Waals surface area contributed by atoms with Crippen LogP contribution in [0.15, 0.2) is 54.6 Å². The summed E-state index contributed by atoms with van der Waals surface area (Å²) in [4.78, 5) is 12.7. The van der Waals surface area contributed by atoms with Gasteiger partial charge >= 0.3 is 0 Å². The Balaban J connectivity index is 1.50. The molecule has 0 bridgehead atoms. The van der Waals surface area contributed by atoms with Crippen molar-refractivity contribution in [2.45, 2.75) is 19.3 Å². The van der Waals surface area contributed by atoms with Crippen LogP contribution in [0.1, 0.15) is 33.8 Å². The van der Waals surface area contributed by atoms with Crippen molar-refractivity contribution >= 4 is 5.78 Å². The van der Waals surface area contributed by atoms with Crippen LogP contribution in [0.5, 0.6) is 28.7 Å². The summed E-state index contributed by atoms with van der Waals surface area (Å²) in [5.41, 5.74) is 1.78. The summed E-state index contributed by atoms with van der Waals surface area (Å²) >= 11 is 0. The number of halogens is 1. The van der Waals surface area contributed by atoms with Gasteiger partial charge in [-0.2, -0.15) is 0 Å². The van der Waals surface area contributed by atoms with Crippen LogP contribution >= 0.6 is 0 Å². The van der Waals surface area contributed by atoms with E-state index < -0.39 is 11.5 Å². The Bertz CT molecular complexity index is 1070. The van der Waals surface area contributed by atoms with Gasteiger partial charge in [0.1, 0.15) is 40.1 Å². The van der Waals surface area contributed by atoms with Crippen LogP contribution in [0.25, 0.3) is 0 Å². The van der Waals surface area contributed by atoms with E-state index >= 15 is 0 Å². The van der Waals surface area contributed by atoms with Gasteiger partial charge in [0, 0.05) is 18.1 Å². The second-order valence-corrected chi connectivity index (χ2v) is 7.25. The summed E-state index contributed by atoms with van der Waals surface area (Å²) < 4.78 is 18.7. The monoisotopic (exact) mass is 394 g/mol. The topological polar surface area (TPSA) is 87.0 Å². The highest BCUT2D eigenvalue weighted by Crippen LogP contribution is 2.52. The summed E-state index contributed by atoms with van der Waals surface area (Å²) in [6, 6.07) is 13.4. The minimum atomic E-state index is -0.432. The molecule has 4 rings (SSSR count). The molecule has 6 heteroatoms. The van der Waals surface area contributed by atoms with Crippen molar-refractivity contribution in [3.05, 3.63) is 77.1 Å². The lowest BCUT2D eigenvalue weighted by Crippen LogP contribution is -2.04. The van der Waals surface area contributed by atoms with Gasteiger partial charge in [-0.1, -0.05) is 6.07 Å². The number of rotatable bonds is 5. The summed E-state index contributed by atoms with van der Waals surface area (Å²) in [5.74, 6) is -1.09. The molecule has 0 heterocycles. The number of benzene rings is 3. The van der Waals surface area contributed by atoms with E-state index in [2.05, 4.69) is 0 Å². The standard InChI is InChI=1S/C23H19FO5/c1-12-8-16(29-15-4-2-13(24)3-5-15)6-7-17(12)18-11-19(18)23(28)22-20(26)9-14(25)10-21(22)27/h2-10,18-19,25-27H,11H2,1H3. The van der Waals surface area contributed by atoms with Crippen LogP contribution < -0.4 is 4.74 Å². The van der Waals surface area contributed by atoms with Crippen LogP contribution in [0, 0.1) is 18.7 Å². The third-order valence-corrected chi connectivity index (χ3v) is 5.15. The van der Waals surface area contributed by atoms with Crippen molar-refractivity contribution < 1.29 is 29.2 Å². The maximum Gasteiger partial charge on any atom is 0.174 e. The first-order valence-corrected chi connectivity index (χ1v) is 9.16. The van der Waals surface area contributed by atoms with Crippen LogP contribution in [0.3, 0.4) is 0 Å². The van der Waals surface area contributed by atoms with Gasteiger partial charge < -0.3 is 20.1 Å². The van der Waals surface area contributed by atoms with Gasteiger partial charge in [-0.05, 0) is 66.8 Å². The zero-order valence-electron chi connectivity index (χ0n) is 15.6. The largest absolute Gasteiger partial charge is 0.508 e. The molecule has 3 aromatic carbocycles. The second-order valence-electron chi connectivity index (χ2n) is 7.25. The first-order valence-electron chi connectivity index (χ1n) is 9.16. The third kappa shape index (κ3) is 3.74. The predicted molar refractivity (Wildman–Crippen MR) is 104 cm³/mol. The molecule has 148 valence electrons. The minimum Gasteiger partial charge on any atom is -0.508 e. The highest BCUT2D eigenvalue weighted by atomic mass is 19.1. The zero-order valence-corrected chi connectivity index (χ0v) is 15.6. The van der Waals surface area contributed by atoms with E-state index in [9.17, 15) is 24.5 Å². The molecule has 0 aliphatic heterocycles. The molecule has 0 amide bonds. The average Bonchev–Trinajstić information content (AvgIpc) is 3.43. The van der Waals surface area contributed by atoms with Gasteiger partial charge in [-0.15, -0.1) is 0 Å². The van der Waals surface area contributed by atoms with E-state index in [0.29, 0.717) is 17.9 Å². The zero-order chi connectivity index (χ0) is 20.7. The van der Waals surface area contributed by atoms with Crippen molar-refractivity contribution in [2.24, 2.45) is 5.92 Å². The Morgan fingerprint density at radius 2 is 1.59 bits per heavy atom. The van der Waals surface area contributed by atoms with E-state index in [4.69, 9.17) is 4.74 Å². The molecular weight excluding hydrogens is 375 g/mol. The molecular formula is C23H19FO5. The fraction of sp³-hybridized carbons (Fsp3) is 0.174. The number of carbonyl (C=O) groups excluding carboxylic acids is 1. The first kappa shape index (κ1) is 18.8. The fourth-order valence-electron chi connectivity index (χ4n) is 3.63. The summed E-state index contributed by atoms with van der Waals surface area (Å²) in [6.45, 7) is 1.92. The van der Waals surface area contributed by atoms with Gasteiger partial charge in [0.15, 0.2) is 5.78 Å². The molecule has 0 radical (unpaired) electrons. The van der Waals surface area contributed by atoms with Crippen molar-refractivity contribution in [3.63, 3.8) is 0 Å². The second kappa shape index (κ2) is 7.13. The molecule has 0 spiro atoms. The summed E-state index contributed by atoms with van der Waals surface area (Å²) in [7, 11) is 0. The molecule has 29 heavy (non-hydrogen) atoms. The number of carbonyl (C=O) groups is 1. The van der Waals surface area contributed by atoms with Crippen LogP contribution in [0.4, 0.5) is 4.39 Å². The molecule has 2 unspecified atom stereocenters.